The molecule has 1 saturated heterocycles. The highest BCUT2D eigenvalue weighted by Gasteiger charge is 2.18. The van der Waals surface area contributed by atoms with Crippen LogP contribution in [-0.2, 0) is 9.53 Å². The number of nitro benzene ring substituents is 1. The third-order valence-corrected chi connectivity index (χ3v) is 4.49. The van der Waals surface area contributed by atoms with Gasteiger partial charge in [0.25, 0.3) is 11.6 Å². The maximum absolute atomic E-state index is 12.2. The number of benzene rings is 1. The fourth-order valence-corrected chi connectivity index (χ4v) is 2.96. The third-order valence-electron chi connectivity index (χ3n) is 4.49. The number of carbonyl (C=O) groups excluding carboxylic acids is 1. The van der Waals surface area contributed by atoms with E-state index in [2.05, 4.69) is 5.32 Å². The lowest BCUT2D eigenvalue weighted by molar-refractivity contribution is -0.384. The molecule has 1 aliphatic heterocycles. The summed E-state index contributed by atoms with van der Waals surface area (Å²) in [4.78, 5) is 22.7. The number of rotatable bonds is 6. The molecule has 144 valence electrons. The predicted octanol–water partition coefficient (Wildman–Crippen LogP) is 3.37. The maximum atomic E-state index is 12.2. The monoisotopic (exact) mass is 381 g/mol. The SMILES string of the molecule is Cc1ccc([N+](=O)[O-])cc1-c1ccc(/C=C(\C#N)C(=O)NCC2CCCO2)o1. The fraction of sp³-hybridized carbons (Fsp3) is 0.300. The van der Waals surface area contributed by atoms with E-state index >= 15 is 0 Å². The number of non-ortho nitro benzene ring substituents is 1. The minimum atomic E-state index is -0.498. The summed E-state index contributed by atoms with van der Waals surface area (Å²) in [5.41, 5.74) is 1.26. The molecule has 1 aromatic carbocycles. The van der Waals surface area contributed by atoms with Gasteiger partial charge >= 0.3 is 0 Å². The molecule has 1 atom stereocenters. The second-order valence-electron chi connectivity index (χ2n) is 6.47. The van der Waals surface area contributed by atoms with Crippen LogP contribution in [0.15, 0.2) is 40.3 Å². The van der Waals surface area contributed by atoms with Gasteiger partial charge in [0.1, 0.15) is 23.2 Å². The Labute approximate surface area is 161 Å². The number of nitriles is 1. The van der Waals surface area contributed by atoms with Gasteiger partial charge in [-0.05, 0) is 37.5 Å². The number of carbonyl (C=O) groups is 1. The molecular formula is C20H19N3O5. The van der Waals surface area contributed by atoms with E-state index in [4.69, 9.17) is 9.15 Å². The number of nitro groups is 1. The molecule has 28 heavy (non-hydrogen) atoms. The molecule has 1 unspecified atom stereocenters. The quantitative estimate of drug-likeness (QED) is 0.355. The standard InChI is InChI=1S/C20H19N3O5/c1-13-4-5-15(23(25)26)10-18(13)19-7-6-16(28-19)9-14(11-21)20(24)22-12-17-3-2-8-27-17/h4-7,9-10,17H,2-3,8,12H2,1H3,(H,22,24)/b14-9+. The molecule has 0 bridgehead atoms. The van der Waals surface area contributed by atoms with E-state index in [1.165, 1.54) is 18.2 Å². The second kappa shape index (κ2) is 8.50. The van der Waals surface area contributed by atoms with Crippen molar-refractivity contribution >= 4 is 17.7 Å². The number of nitrogens with one attached hydrogen (secondary N) is 1. The molecule has 8 nitrogen and oxygen atoms in total. The van der Waals surface area contributed by atoms with Gasteiger partial charge in [0, 0.05) is 36.9 Å². The van der Waals surface area contributed by atoms with Gasteiger partial charge in [-0.2, -0.15) is 5.26 Å². The first-order valence-corrected chi connectivity index (χ1v) is 8.85. The van der Waals surface area contributed by atoms with Crippen LogP contribution in [0.5, 0.6) is 0 Å². The van der Waals surface area contributed by atoms with Crippen molar-refractivity contribution in [3.05, 3.63) is 57.3 Å². The number of hydrogen-bond donors (Lipinski definition) is 1. The van der Waals surface area contributed by atoms with Crippen LogP contribution in [0.25, 0.3) is 17.4 Å². The van der Waals surface area contributed by atoms with Gasteiger partial charge in [0.15, 0.2) is 0 Å². The molecule has 0 aliphatic carbocycles. The number of nitrogens with zero attached hydrogens (tertiary/aromatic N) is 2. The van der Waals surface area contributed by atoms with Crippen molar-refractivity contribution in [2.75, 3.05) is 13.2 Å². The van der Waals surface area contributed by atoms with Crippen molar-refractivity contribution in [2.24, 2.45) is 0 Å². The predicted molar refractivity (Wildman–Crippen MR) is 101 cm³/mol. The zero-order chi connectivity index (χ0) is 20.1. The van der Waals surface area contributed by atoms with Crippen molar-refractivity contribution in [2.45, 2.75) is 25.9 Å². The van der Waals surface area contributed by atoms with Gasteiger partial charge in [0.05, 0.1) is 11.0 Å². The fourth-order valence-electron chi connectivity index (χ4n) is 2.96. The van der Waals surface area contributed by atoms with Crippen LogP contribution in [0.4, 0.5) is 5.69 Å². The maximum Gasteiger partial charge on any atom is 0.270 e. The number of hydrogen-bond acceptors (Lipinski definition) is 6. The van der Waals surface area contributed by atoms with Crippen molar-refractivity contribution in [1.82, 2.24) is 5.32 Å². The summed E-state index contributed by atoms with van der Waals surface area (Å²) < 4.78 is 11.1. The number of furan rings is 1. The Morgan fingerprint density at radius 2 is 2.25 bits per heavy atom. The van der Waals surface area contributed by atoms with Gasteiger partial charge in [-0.25, -0.2) is 0 Å². The van der Waals surface area contributed by atoms with Crippen LogP contribution in [0, 0.1) is 28.4 Å². The van der Waals surface area contributed by atoms with Gasteiger partial charge in [-0.1, -0.05) is 6.07 Å². The average molecular weight is 381 g/mol. The molecule has 1 N–H and O–H groups in total. The summed E-state index contributed by atoms with van der Waals surface area (Å²) in [7, 11) is 0. The Morgan fingerprint density at radius 3 is 2.93 bits per heavy atom. The van der Waals surface area contributed by atoms with Crippen LogP contribution in [-0.4, -0.2) is 30.1 Å². The summed E-state index contributed by atoms with van der Waals surface area (Å²) in [6.07, 6.45) is 3.18. The highest BCUT2D eigenvalue weighted by Crippen LogP contribution is 2.29. The third kappa shape index (κ3) is 4.45. The second-order valence-corrected chi connectivity index (χ2v) is 6.47. The first-order valence-electron chi connectivity index (χ1n) is 8.85. The lowest BCUT2D eigenvalue weighted by Crippen LogP contribution is -2.32. The number of amides is 1. The molecule has 1 fully saturated rings. The molecule has 8 heteroatoms. The van der Waals surface area contributed by atoms with Gasteiger partial charge in [-0.15, -0.1) is 0 Å². The van der Waals surface area contributed by atoms with E-state index in [9.17, 15) is 20.2 Å². The molecule has 0 radical (unpaired) electrons. The first-order chi connectivity index (χ1) is 13.5. The summed E-state index contributed by atoms with van der Waals surface area (Å²) in [5.74, 6) is 0.233. The molecule has 1 aromatic heterocycles. The Balaban J connectivity index is 1.76. The summed E-state index contributed by atoms with van der Waals surface area (Å²) >= 11 is 0. The highest BCUT2D eigenvalue weighted by atomic mass is 16.6. The molecule has 0 spiro atoms. The van der Waals surface area contributed by atoms with Crippen molar-refractivity contribution in [3.8, 4) is 17.4 Å². The molecule has 2 heterocycles. The normalized spacial score (nSPS) is 16.6. The van der Waals surface area contributed by atoms with E-state index in [1.54, 1.807) is 18.2 Å². The molecular weight excluding hydrogens is 362 g/mol. The first kappa shape index (κ1) is 19.3. The Morgan fingerprint density at radius 1 is 1.43 bits per heavy atom. The minimum Gasteiger partial charge on any atom is -0.457 e. The van der Waals surface area contributed by atoms with E-state index < -0.39 is 10.8 Å². The van der Waals surface area contributed by atoms with Crippen LogP contribution < -0.4 is 5.32 Å². The average Bonchev–Trinajstić information content (AvgIpc) is 3.36. The molecule has 1 aliphatic rings. The molecule has 2 aromatic rings. The molecule has 0 saturated carbocycles. The summed E-state index contributed by atoms with van der Waals surface area (Å²) in [5, 5.41) is 23.0. The van der Waals surface area contributed by atoms with Crippen LogP contribution in [0.2, 0.25) is 0 Å². The van der Waals surface area contributed by atoms with Crippen molar-refractivity contribution in [1.29, 1.82) is 5.26 Å². The Hall–Kier alpha value is -3.44. The zero-order valence-electron chi connectivity index (χ0n) is 15.3. The van der Waals surface area contributed by atoms with E-state index in [0.29, 0.717) is 30.2 Å². The van der Waals surface area contributed by atoms with E-state index in [-0.39, 0.29) is 17.4 Å². The minimum absolute atomic E-state index is 0.0176. The van der Waals surface area contributed by atoms with E-state index in [0.717, 1.165) is 18.4 Å². The smallest absolute Gasteiger partial charge is 0.270 e. The van der Waals surface area contributed by atoms with E-state index in [1.807, 2.05) is 13.0 Å². The number of ether oxygens (including phenoxy) is 1. The summed E-state index contributed by atoms with van der Waals surface area (Å²) in [6.45, 7) is 2.86. The highest BCUT2D eigenvalue weighted by molar-refractivity contribution is 6.01. The summed E-state index contributed by atoms with van der Waals surface area (Å²) in [6, 6.07) is 9.63. The lowest BCUT2D eigenvalue weighted by atomic mass is 10.1. The van der Waals surface area contributed by atoms with Gasteiger partial charge in [0.2, 0.25) is 0 Å². The van der Waals surface area contributed by atoms with Crippen LogP contribution in [0.3, 0.4) is 0 Å². The zero-order valence-corrected chi connectivity index (χ0v) is 15.3. The lowest BCUT2D eigenvalue weighted by Gasteiger charge is -2.09. The number of aryl methyl sites for hydroxylation is 1. The Bertz CT molecular complexity index is 964. The Kier molecular flexibility index (Phi) is 5.87. The molecule has 1 amide bonds. The topological polar surface area (TPSA) is 118 Å². The van der Waals surface area contributed by atoms with Crippen molar-refractivity contribution in [3.63, 3.8) is 0 Å². The van der Waals surface area contributed by atoms with Crippen molar-refractivity contribution < 1.29 is 18.9 Å². The van der Waals surface area contributed by atoms with Gasteiger partial charge < -0.3 is 14.5 Å². The van der Waals surface area contributed by atoms with Crippen LogP contribution in [0.1, 0.15) is 24.2 Å². The van der Waals surface area contributed by atoms with Gasteiger partial charge in [-0.3, -0.25) is 14.9 Å². The molecule has 3 rings (SSSR count). The largest absolute Gasteiger partial charge is 0.457 e. The van der Waals surface area contributed by atoms with Crippen LogP contribution >= 0.6 is 0 Å².